The summed E-state index contributed by atoms with van der Waals surface area (Å²) in [4.78, 5) is 10.8. The van der Waals surface area contributed by atoms with Gasteiger partial charge in [0, 0.05) is 28.3 Å². The maximum absolute atomic E-state index is 10.8. The number of hydrogen-bond acceptors (Lipinski definition) is 5. The fourth-order valence-electron chi connectivity index (χ4n) is 1.25. The van der Waals surface area contributed by atoms with E-state index in [-0.39, 0.29) is 5.97 Å². The highest BCUT2D eigenvalue weighted by molar-refractivity contribution is 6.62. The number of hydrogen-bond donors (Lipinski definition) is 0. The molecular weight excluding hydrogens is 204 g/mol. The Kier molecular flexibility index (Phi) is 5.94. The molecule has 6 heteroatoms. The predicted octanol–water partition coefficient (Wildman–Crippen LogP) is 0.745. The van der Waals surface area contributed by atoms with E-state index in [2.05, 4.69) is 0 Å². The first-order valence-electron chi connectivity index (χ1n) is 4.39. The molecule has 0 radical (unpaired) electrons. The zero-order chi connectivity index (χ0) is 11.2. The third-order valence-corrected chi connectivity index (χ3v) is 4.95. The van der Waals surface area contributed by atoms with Crippen LogP contribution in [0.2, 0.25) is 0 Å². The summed E-state index contributed by atoms with van der Waals surface area (Å²) in [6.45, 7) is 3.23. The minimum atomic E-state index is -2.85. The summed E-state index contributed by atoms with van der Waals surface area (Å²) in [5.74, 6) is -0.361. The van der Waals surface area contributed by atoms with Gasteiger partial charge in [0.15, 0.2) is 5.73 Å². The molecule has 0 saturated heterocycles. The fraction of sp³-hybridized carbons (Fsp3) is 0.875. The molecule has 5 nitrogen and oxygen atoms in total. The maximum Gasteiger partial charge on any atom is 0.543 e. The van der Waals surface area contributed by atoms with E-state index in [1.807, 2.05) is 6.92 Å². The lowest BCUT2D eigenvalue weighted by molar-refractivity contribution is -0.146. The fourth-order valence-corrected chi connectivity index (χ4v) is 3.35. The van der Waals surface area contributed by atoms with Crippen molar-refractivity contribution in [1.82, 2.24) is 0 Å². The monoisotopic (exact) mass is 222 g/mol. The van der Waals surface area contributed by atoms with E-state index < -0.39 is 14.5 Å². The van der Waals surface area contributed by atoms with Crippen LogP contribution in [0.5, 0.6) is 0 Å². The minimum absolute atomic E-state index is 0.361. The van der Waals surface area contributed by atoms with Crippen LogP contribution >= 0.6 is 0 Å². The second-order valence-electron chi connectivity index (χ2n) is 2.72. The minimum Gasteiger partial charge on any atom is -0.458 e. The molecule has 0 aliphatic rings. The third-order valence-electron chi connectivity index (χ3n) is 1.93. The Bertz CT molecular complexity index is 172. The first-order valence-corrected chi connectivity index (χ1v) is 6.19. The van der Waals surface area contributed by atoms with Gasteiger partial charge in [-0.25, -0.2) is 0 Å². The van der Waals surface area contributed by atoms with Gasteiger partial charge in [-0.1, -0.05) is 6.92 Å². The van der Waals surface area contributed by atoms with Gasteiger partial charge in [-0.05, 0) is 6.42 Å². The highest BCUT2D eigenvalue weighted by atomic mass is 28.4. The number of rotatable bonds is 6. The Morgan fingerprint density at radius 1 is 1.21 bits per heavy atom. The Morgan fingerprint density at radius 3 is 1.86 bits per heavy atom. The zero-order valence-electron chi connectivity index (χ0n) is 9.33. The molecule has 0 bridgehead atoms. The van der Waals surface area contributed by atoms with Crippen molar-refractivity contribution in [2.24, 2.45) is 0 Å². The van der Waals surface area contributed by atoms with Crippen LogP contribution in [-0.4, -0.2) is 41.8 Å². The lowest BCUT2D eigenvalue weighted by atomic mass is 10.5. The van der Waals surface area contributed by atoms with Gasteiger partial charge in [-0.2, -0.15) is 0 Å². The van der Waals surface area contributed by atoms with Crippen LogP contribution in [0.15, 0.2) is 0 Å². The van der Waals surface area contributed by atoms with Crippen molar-refractivity contribution >= 4 is 14.8 Å². The molecule has 0 N–H and O–H groups in total. The molecule has 0 saturated carbocycles. The van der Waals surface area contributed by atoms with Gasteiger partial charge in [0.2, 0.25) is 0 Å². The molecule has 0 heterocycles. The molecule has 0 amide bonds. The van der Waals surface area contributed by atoms with Gasteiger partial charge in [0.25, 0.3) is 0 Å². The lowest BCUT2D eigenvalue weighted by Gasteiger charge is -2.30. The SMILES string of the molecule is CCC(OC(C)=O)[Si](OC)(OC)OC. The van der Waals surface area contributed by atoms with E-state index in [1.165, 1.54) is 28.3 Å². The van der Waals surface area contributed by atoms with Gasteiger partial charge in [-0.15, -0.1) is 0 Å². The summed E-state index contributed by atoms with van der Waals surface area (Å²) in [5, 5.41) is 0. The summed E-state index contributed by atoms with van der Waals surface area (Å²) >= 11 is 0. The molecule has 0 aliphatic heterocycles. The first kappa shape index (κ1) is 13.6. The Labute approximate surface area is 85.7 Å². The molecule has 1 atom stereocenters. The van der Waals surface area contributed by atoms with Crippen LogP contribution in [0, 0.1) is 0 Å². The normalized spacial score (nSPS) is 13.8. The molecule has 0 aliphatic carbocycles. The largest absolute Gasteiger partial charge is 0.543 e. The van der Waals surface area contributed by atoms with Gasteiger partial charge < -0.3 is 18.0 Å². The molecular formula is C8H18O5Si. The number of ether oxygens (including phenoxy) is 1. The van der Waals surface area contributed by atoms with Crippen molar-refractivity contribution in [1.29, 1.82) is 0 Å². The highest BCUT2D eigenvalue weighted by Gasteiger charge is 2.49. The van der Waals surface area contributed by atoms with E-state index in [9.17, 15) is 4.79 Å². The van der Waals surface area contributed by atoms with Crippen LogP contribution in [-0.2, 0) is 22.8 Å². The molecule has 0 aromatic heterocycles. The molecule has 1 unspecified atom stereocenters. The number of carbonyl (C=O) groups excluding carboxylic acids is 1. The van der Waals surface area contributed by atoms with Crippen molar-refractivity contribution < 1.29 is 22.8 Å². The lowest BCUT2D eigenvalue weighted by Crippen LogP contribution is -2.55. The molecule has 84 valence electrons. The smallest absolute Gasteiger partial charge is 0.458 e. The van der Waals surface area contributed by atoms with Crippen LogP contribution < -0.4 is 0 Å². The van der Waals surface area contributed by atoms with Crippen LogP contribution in [0.3, 0.4) is 0 Å². The van der Waals surface area contributed by atoms with Gasteiger partial charge in [-0.3, -0.25) is 4.79 Å². The van der Waals surface area contributed by atoms with E-state index >= 15 is 0 Å². The summed E-state index contributed by atoms with van der Waals surface area (Å²) in [7, 11) is 1.62. The summed E-state index contributed by atoms with van der Waals surface area (Å²) < 4.78 is 20.7. The molecule has 0 fully saturated rings. The highest BCUT2D eigenvalue weighted by Crippen LogP contribution is 2.17. The second kappa shape index (κ2) is 6.13. The van der Waals surface area contributed by atoms with E-state index in [1.54, 1.807) is 0 Å². The van der Waals surface area contributed by atoms with Crippen LogP contribution in [0.1, 0.15) is 20.3 Å². The third kappa shape index (κ3) is 3.05. The molecule has 0 spiro atoms. The Hall–Kier alpha value is -0.433. The van der Waals surface area contributed by atoms with Gasteiger partial charge in [0.1, 0.15) is 0 Å². The standard InChI is InChI=1S/C8H18O5Si/c1-6-8(13-7(2)9)14(10-3,11-4)12-5/h8H,6H2,1-5H3. The predicted molar refractivity (Wildman–Crippen MR) is 52.6 cm³/mol. The Morgan fingerprint density at radius 2 is 1.64 bits per heavy atom. The average Bonchev–Trinajstić information content (AvgIpc) is 2.19. The molecule has 0 aromatic carbocycles. The molecule has 0 rings (SSSR count). The number of esters is 1. The van der Waals surface area contributed by atoms with Crippen molar-refractivity contribution in [3.05, 3.63) is 0 Å². The summed E-state index contributed by atoms with van der Waals surface area (Å²) in [6.07, 6.45) is 0.599. The van der Waals surface area contributed by atoms with Gasteiger partial charge >= 0.3 is 14.8 Å². The molecule has 14 heavy (non-hydrogen) atoms. The summed E-state index contributed by atoms with van der Waals surface area (Å²) in [5.41, 5.74) is -0.444. The van der Waals surface area contributed by atoms with Crippen molar-refractivity contribution in [3.63, 3.8) is 0 Å². The first-order chi connectivity index (χ1) is 6.56. The van der Waals surface area contributed by atoms with Crippen molar-refractivity contribution in [2.75, 3.05) is 21.3 Å². The van der Waals surface area contributed by atoms with Gasteiger partial charge in [0.05, 0.1) is 0 Å². The average molecular weight is 222 g/mol. The topological polar surface area (TPSA) is 54.0 Å². The second-order valence-corrected chi connectivity index (χ2v) is 5.80. The number of carbonyl (C=O) groups is 1. The maximum atomic E-state index is 10.8. The van der Waals surface area contributed by atoms with Crippen molar-refractivity contribution in [3.8, 4) is 0 Å². The van der Waals surface area contributed by atoms with E-state index in [0.29, 0.717) is 6.42 Å². The zero-order valence-corrected chi connectivity index (χ0v) is 10.3. The quantitative estimate of drug-likeness (QED) is 0.490. The van der Waals surface area contributed by atoms with E-state index in [0.717, 1.165) is 0 Å². The summed E-state index contributed by atoms with van der Waals surface area (Å²) in [6, 6.07) is 0. The van der Waals surface area contributed by atoms with Crippen LogP contribution in [0.4, 0.5) is 0 Å². The van der Waals surface area contributed by atoms with Crippen LogP contribution in [0.25, 0.3) is 0 Å². The molecule has 0 aromatic rings. The Balaban J connectivity index is 4.64. The van der Waals surface area contributed by atoms with E-state index in [4.69, 9.17) is 18.0 Å². The van der Waals surface area contributed by atoms with Crippen molar-refractivity contribution in [2.45, 2.75) is 26.0 Å².